The van der Waals surface area contributed by atoms with Gasteiger partial charge in [0.2, 0.25) is 10.0 Å². The van der Waals surface area contributed by atoms with Gasteiger partial charge in [-0.05, 0) is 56.8 Å². The molecular weight excluding hydrogens is 455 g/mol. The SMILES string of the molecule is CN(C)C(CNCC(=O)c1ccc(S(=O)(=O)N2CCCC2)cc1)c1ccc(C(F)(F)F)cc1. The summed E-state index contributed by atoms with van der Waals surface area (Å²) in [6.45, 7) is 1.40. The van der Waals surface area contributed by atoms with Crippen molar-refractivity contribution < 1.29 is 26.4 Å². The highest BCUT2D eigenvalue weighted by atomic mass is 32.2. The van der Waals surface area contributed by atoms with E-state index in [0.29, 0.717) is 30.8 Å². The van der Waals surface area contributed by atoms with E-state index in [1.165, 1.54) is 40.7 Å². The number of sulfonamides is 1. The third-order valence-electron chi connectivity index (χ3n) is 5.75. The average molecular weight is 484 g/mol. The van der Waals surface area contributed by atoms with Crippen LogP contribution in [0.4, 0.5) is 13.2 Å². The number of hydrogen-bond acceptors (Lipinski definition) is 5. The van der Waals surface area contributed by atoms with Crippen molar-refractivity contribution in [1.29, 1.82) is 0 Å². The molecule has 0 spiro atoms. The standard InChI is InChI=1S/C23H28F3N3O3S/c1-28(2)21(17-5-9-19(10-6-17)23(24,25)26)15-27-16-22(30)18-7-11-20(12-8-18)33(31,32)29-13-3-4-14-29/h5-12,21,27H,3-4,13-16H2,1-2H3. The van der Waals surface area contributed by atoms with Crippen LogP contribution in [0.25, 0.3) is 0 Å². The summed E-state index contributed by atoms with van der Waals surface area (Å²) in [6, 6.07) is 10.7. The Morgan fingerprint density at radius 1 is 1.03 bits per heavy atom. The summed E-state index contributed by atoms with van der Waals surface area (Å²) in [4.78, 5) is 14.6. The molecule has 0 aromatic heterocycles. The molecule has 1 unspecified atom stereocenters. The van der Waals surface area contributed by atoms with Crippen LogP contribution in [-0.2, 0) is 16.2 Å². The number of nitrogens with one attached hydrogen (secondary N) is 1. The van der Waals surface area contributed by atoms with Crippen molar-refractivity contribution in [1.82, 2.24) is 14.5 Å². The average Bonchev–Trinajstić information content (AvgIpc) is 3.32. The Hall–Kier alpha value is -2.27. The topological polar surface area (TPSA) is 69.7 Å². The van der Waals surface area contributed by atoms with Crippen LogP contribution >= 0.6 is 0 Å². The third kappa shape index (κ3) is 6.20. The summed E-state index contributed by atoms with van der Waals surface area (Å²) in [7, 11) is 0.0904. The number of alkyl halides is 3. The Kier molecular flexibility index (Phi) is 7.94. The molecule has 2 aromatic carbocycles. The molecule has 1 aliphatic heterocycles. The number of Topliss-reactive ketones (excluding diaryl/α,β-unsaturated/α-hetero) is 1. The van der Waals surface area contributed by atoms with Crippen molar-refractivity contribution in [2.75, 3.05) is 40.3 Å². The summed E-state index contributed by atoms with van der Waals surface area (Å²) in [5.74, 6) is -0.204. The summed E-state index contributed by atoms with van der Waals surface area (Å²) >= 11 is 0. The fourth-order valence-electron chi connectivity index (χ4n) is 3.81. The van der Waals surface area contributed by atoms with Crippen LogP contribution in [0.2, 0.25) is 0 Å². The lowest BCUT2D eigenvalue weighted by Gasteiger charge is -2.25. The van der Waals surface area contributed by atoms with E-state index < -0.39 is 21.8 Å². The third-order valence-corrected chi connectivity index (χ3v) is 7.66. The molecule has 0 aliphatic carbocycles. The second-order valence-corrected chi connectivity index (χ2v) is 10.2. The Labute approximate surface area is 192 Å². The van der Waals surface area contributed by atoms with Gasteiger partial charge in [0, 0.05) is 31.2 Å². The maximum atomic E-state index is 12.8. The number of carbonyl (C=O) groups is 1. The molecule has 1 N–H and O–H groups in total. The van der Waals surface area contributed by atoms with Crippen LogP contribution in [0.5, 0.6) is 0 Å². The van der Waals surface area contributed by atoms with Gasteiger partial charge in [-0.15, -0.1) is 0 Å². The predicted octanol–water partition coefficient (Wildman–Crippen LogP) is 3.57. The van der Waals surface area contributed by atoms with E-state index in [1.54, 1.807) is 0 Å². The van der Waals surface area contributed by atoms with Gasteiger partial charge in [-0.2, -0.15) is 17.5 Å². The second-order valence-electron chi connectivity index (χ2n) is 8.29. The molecule has 33 heavy (non-hydrogen) atoms. The molecular formula is C23H28F3N3O3S. The molecule has 0 bridgehead atoms. The molecule has 0 amide bonds. The molecule has 1 fully saturated rings. The molecule has 2 aromatic rings. The molecule has 1 aliphatic rings. The van der Waals surface area contributed by atoms with Gasteiger partial charge in [-0.3, -0.25) is 4.79 Å². The molecule has 0 saturated carbocycles. The number of likely N-dealkylation sites (N-methyl/N-ethyl adjacent to an activating group) is 1. The number of hydrogen-bond donors (Lipinski definition) is 1. The van der Waals surface area contributed by atoms with E-state index in [-0.39, 0.29) is 23.3 Å². The first-order chi connectivity index (χ1) is 15.5. The number of ketones is 1. The Balaban J connectivity index is 1.59. The predicted molar refractivity (Wildman–Crippen MR) is 120 cm³/mol. The summed E-state index contributed by atoms with van der Waals surface area (Å²) in [5, 5.41) is 3.06. The largest absolute Gasteiger partial charge is 0.416 e. The minimum atomic E-state index is -4.39. The zero-order valence-electron chi connectivity index (χ0n) is 18.6. The number of nitrogens with zero attached hydrogens (tertiary/aromatic N) is 2. The van der Waals surface area contributed by atoms with Gasteiger partial charge in [0.1, 0.15) is 0 Å². The highest BCUT2D eigenvalue weighted by molar-refractivity contribution is 7.89. The zero-order chi connectivity index (χ0) is 24.2. The summed E-state index contributed by atoms with van der Waals surface area (Å²) in [5.41, 5.74) is 0.380. The highest BCUT2D eigenvalue weighted by Crippen LogP contribution is 2.30. The molecule has 1 atom stereocenters. The van der Waals surface area contributed by atoms with Gasteiger partial charge in [-0.25, -0.2) is 8.42 Å². The van der Waals surface area contributed by atoms with E-state index in [1.807, 2.05) is 19.0 Å². The van der Waals surface area contributed by atoms with Crippen LogP contribution in [-0.4, -0.2) is 63.7 Å². The molecule has 0 radical (unpaired) electrons. The van der Waals surface area contributed by atoms with Gasteiger partial charge in [0.25, 0.3) is 0 Å². The van der Waals surface area contributed by atoms with Gasteiger partial charge in [0.15, 0.2) is 5.78 Å². The van der Waals surface area contributed by atoms with Crippen molar-refractivity contribution >= 4 is 15.8 Å². The van der Waals surface area contributed by atoms with E-state index in [2.05, 4.69) is 5.32 Å². The fourth-order valence-corrected chi connectivity index (χ4v) is 5.32. The first kappa shape index (κ1) is 25.4. The number of halogens is 3. The van der Waals surface area contributed by atoms with Crippen molar-refractivity contribution in [2.24, 2.45) is 0 Å². The van der Waals surface area contributed by atoms with Crippen molar-refractivity contribution in [3.8, 4) is 0 Å². The zero-order valence-corrected chi connectivity index (χ0v) is 19.4. The molecule has 1 heterocycles. The number of benzene rings is 2. The summed E-state index contributed by atoms with van der Waals surface area (Å²) in [6.07, 6.45) is -2.69. The first-order valence-electron chi connectivity index (χ1n) is 10.7. The normalized spacial score (nSPS) is 16.3. The molecule has 1 saturated heterocycles. The fraction of sp³-hybridized carbons (Fsp3) is 0.435. The molecule has 10 heteroatoms. The van der Waals surface area contributed by atoms with Crippen LogP contribution in [0.3, 0.4) is 0 Å². The van der Waals surface area contributed by atoms with Crippen LogP contribution in [0, 0.1) is 0 Å². The highest BCUT2D eigenvalue weighted by Gasteiger charge is 2.30. The van der Waals surface area contributed by atoms with Gasteiger partial charge < -0.3 is 10.2 Å². The van der Waals surface area contributed by atoms with Crippen LogP contribution < -0.4 is 5.32 Å². The van der Waals surface area contributed by atoms with E-state index in [0.717, 1.165) is 25.0 Å². The van der Waals surface area contributed by atoms with Crippen molar-refractivity contribution in [3.05, 3.63) is 65.2 Å². The molecule has 3 rings (SSSR count). The van der Waals surface area contributed by atoms with Crippen LogP contribution in [0.15, 0.2) is 53.4 Å². The van der Waals surface area contributed by atoms with E-state index in [9.17, 15) is 26.4 Å². The number of carbonyl (C=O) groups excluding carboxylic acids is 1. The lowest BCUT2D eigenvalue weighted by Crippen LogP contribution is -2.34. The monoisotopic (exact) mass is 483 g/mol. The summed E-state index contributed by atoms with van der Waals surface area (Å²) < 4.78 is 65.1. The Morgan fingerprint density at radius 3 is 2.12 bits per heavy atom. The lowest BCUT2D eigenvalue weighted by molar-refractivity contribution is -0.137. The van der Waals surface area contributed by atoms with Crippen molar-refractivity contribution in [3.63, 3.8) is 0 Å². The maximum absolute atomic E-state index is 12.8. The smallest absolute Gasteiger partial charge is 0.308 e. The Morgan fingerprint density at radius 2 is 1.61 bits per heavy atom. The maximum Gasteiger partial charge on any atom is 0.416 e. The lowest BCUT2D eigenvalue weighted by atomic mass is 10.0. The van der Waals surface area contributed by atoms with Gasteiger partial charge in [-0.1, -0.05) is 24.3 Å². The van der Waals surface area contributed by atoms with Gasteiger partial charge in [0.05, 0.1) is 17.0 Å². The Bertz CT molecular complexity index is 1050. The van der Waals surface area contributed by atoms with Gasteiger partial charge >= 0.3 is 6.18 Å². The van der Waals surface area contributed by atoms with E-state index >= 15 is 0 Å². The first-order valence-corrected chi connectivity index (χ1v) is 12.1. The molecule has 180 valence electrons. The quantitative estimate of drug-likeness (QED) is 0.553. The molecule has 6 nitrogen and oxygen atoms in total. The second kappa shape index (κ2) is 10.3. The number of rotatable bonds is 9. The van der Waals surface area contributed by atoms with Crippen LogP contribution in [0.1, 0.15) is 40.4 Å². The minimum Gasteiger partial charge on any atom is -0.308 e. The minimum absolute atomic E-state index is 0.0171. The van der Waals surface area contributed by atoms with E-state index in [4.69, 9.17) is 0 Å². The van der Waals surface area contributed by atoms with Crippen molar-refractivity contribution in [2.45, 2.75) is 30.0 Å².